The molecule has 25 heavy (non-hydrogen) atoms. The van der Waals surface area contributed by atoms with Crippen LogP contribution in [-0.2, 0) is 14.8 Å². The van der Waals surface area contributed by atoms with Crippen molar-refractivity contribution in [2.75, 3.05) is 26.2 Å². The number of piperidine rings is 1. The average molecular weight is 365 g/mol. The lowest BCUT2D eigenvalue weighted by atomic mass is 9.97. The SMILES string of the molecule is Cc1ccc(S(=O)(=O)N2CCC(C(=O)NCC3CCCN3)CC2)cc1. The number of benzene rings is 1. The van der Waals surface area contributed by atoms with E-state index in [1.54, 1.807) is 12.1 Å². The van der Waals surface area contributed by atoms with E-state index in [0.717, 1.165) is 24.9 Å². The van der Waals surface area contributed by atoms with Crippen LogP contribution >= 0.6 is 0 Å². The van der Waals surface area contributed by atoms with Crippen molar-refractivity contribution in [3.8, 4) is 0 Å². The number of rotatable bonds is 5. The molecule has 0 radical (unpaired) electrons. The van der Waals surface area contributed by atoms with Crippen LogP contribution in [0.15, 0.2) is 29.2 Å². The summed E-state index contributed by atoms with van der Waals surface area (Å²) in [6.07, 6.45) is 3.42. The molecule has 0 aliphatic carbocycles. The molecular weight excluding hydrogens is 338 g/mol. The van der Waals surface area contributed by atoms with Crippen molar-refractivity contribution >= 4 is 15.9 Å². The average Bonchev–Trinajstić information content (AvgIpc) is 3.14. The highest BCUT2D eigenvalue weighted by Gasteiger charge is 2.32. The second-order valence-electron chi connectivity index (χ2n) is 7.03. The summed E-state index contributed by atoms with van der Waals surface area (Å²) in [5, 5.41) is 6.38. The first-order valence-corrected chi connectivity index (χ1v) is 10.5. The normalized spacial score (nSPS) is 22.8. The van der Waals surface area contributed by atoms with Gasteiger partial charge in [0.1, 0.15) is 0 Å². The molecule has 1 unspecified atom stereocenters. The van der Waals surface area contributed by atoms with Gasteiger partial charge in [-0.15, -0.1) is 0 Å². The van der Waals surface area contributed by atoms with Crippen molar-refractivity contribution in [2.45, 2.75) is 43.5 Å². The Morgan fingerprint density at radius 1 is 1.20 bits per heavy atom. The second-order valence-corrected chi connectivity index (χ2v) is 8.97. The first-order valence-electron chi connectivity index (χ1n) is 9.05. The van der Waals surface area contributed by atoms with Crippen molar-refractivity contribution in [3.05, 3.63) is 29.8 Å². The van der Waals surface area contributed by atoms with Crippen molar-refractivity contribution in [1.82, 2.24) is 14.9 Å². The molecule has 2 aliphatic rings. The molecule has 2 aliphatic heterocycles. The van der Waals surface area contributed by atoms with Crippen LogP contribution in [0.4, 0.5) is 0 Å². The van der Waals surface area contributed by atoms with Gasteiger partial charge < -0.3 is 10.6 Å². The molecule has 0 aromatic heterocycles. The third kappa shape index (κ3) is 4.40. The Kier molecular flexibility index (Phi) is 5.76. The van der Waals surface area contributed by atoms with E-state index in [1.807, 2.05) is 19.1 Å². The van der Waals surface area contributed by atoms with Crippen LogP contribution in [-0.4, -0.2) is 50.9 Å². The molecule has 138 valence electrons. The summed E-state index contributed by atoms with van der Waals surface area (Å²) in [7, 11) is -3.46. The Balaban J connectivity index is 1.52. The first kappa shape index (κ1) is 18.4. The molecule has 3 rings (SSSR count). The number of aryl methyl sites for hydroxylation is 1. The third-order valence-corrected chi connectivity index (χ3v) is 7.08. The molecule has 2 N–H and O–H groups in total. The largest absolute Gasteiger partial charge is 0.354 e. The first-order chi connectivity index (χ1) is 12.0. The molecule has 0 saturated carbocycles. The highest BCUT2D eigenvalue weighted by atomic mass is 32.2. The maximum absolute atomic E-state index is 12.7. The van der Waals surface area contributed by atoms with Crippen LogP contribution in [0.2, 0.25) is 0 Å². The van der Waals surface area contributed by atoms with Gasteiger partial charge >= 0.3 is 0 Å². The highest BCUT2D eigenvalue weighted by Crippen LogP contribution is 2.24. The van der Waals surface area contributed by atoms with Gasteiger partial charge in [0.15, 0.2) is 0 Å². The van der Waals surface area contributed by atoms with E-state index in [4.69, 9.17) is 0 Å². The predicted molar refractivity (Wildman–Crippen MR) is 96.7 cm³/mol. The van der Waals surface area contributed by atoms with E-state index in [-0.39, 0.29) is 11.8 Å². The van der Waals surface area contributed by atoms with Gasteiger partial charge in [-0.2, -0.15) is 4.31 Å². The summed E-state index contributed by atoms with van der Waals surface area (Å²) < 4.78 is 26.9. The fourth-order valence-corrected chi connectivity index (χ4v) is 4.99. The highest BCUT2D eigenvalue weighted by molar-refractivity contribution is 7.89. The molecule has 1 aromatic rings. The van der Waals surface area contributed by atoms with Gasteiger partial charge in [0.25, 0.3) is 0 Å². The molecule has 0 spiro atoms. The van der Waals surface area contributed by atoms with Crippen LogP contribution < -0.4 is 10.6 Å². The molecule has 2 heterocycles. The number of sulfonamides is 1. The molecule has 1 atom stereocenters. The Morgan fingerprint density at radius 3 is 2.48 bits per heavy atom. The standard InChI is InChI=1S/C18H27N3O3S/c1-14-4-6-17(7-5-14)25(23,24)21-11-8-15(9-12-21)18(22)20-13-16-3-2-10-19-16/h4-7,15-16,19H,2-3,8-13H2,1H3,(H,20,22). The second kappa shape index (κ2) is 7.85. The number of hydrogen-bond acceptors (Lipinski definition) is 4. The van der Waals surface area contributed by atoms with E-state index in [9.17, 15) is 13.2 Å². The van der Waals surface area contributed by atoms with Crippen LogP contribution in [0.25, 0.3) is 0 Å². The lowest BCUT2D eigenvalue weighted by Crippen LogP contribution is -2.45. The molecule has 6 nitrogen and oxygen atoms in total. The lowest BCUT2D eigenvalue weighted by Gasteiger charge is -2.30. The number of nitrogens with one attached hydrogen (secondary N) is 2. The summed E-state index contributed by atoms with van der Waals surface area (Å²) in [5.74, 6) is -0.0352. The number of carbonyl (C=O) groups is 1. The van der Waals surface area contributed by atoms with Crippen molar-refractivity contribution in [3.63, 3.8) is 0 Å². The molecule has 7 heteroatoms. The van der Waals surface area contributed by atoms with Crippen LogP contribution in [0.1, 0.15) is 31.2 Å². The summed E-state index contributed by atoms with van der Waals surface area (Å²) >= 11 is 0. The molecule has 0 bridgehead atoms. The minimum absolute atomic E-state index is 0.0566. The van der Waals surface area contributed by atoms with Crippen molar-refractivity contribution < 1.29 is 13.2 Å². The van der Waals surface area contributed by atoms with Crippen LogP contribution in [0, 0.1) is 12.8 Å². The topological polar surface area (TPSA) is 78.5 Å². The number of nitrogens with zero attached hydrogens (tertiary/aromatic N) is 1. The minimum atomic E-state index is -3.46. The Labute approximate surface area is 150 Å². The Bertz CT molecular complexity index is 689. The van der Waals surface area contributed by atoms with Crippen LogP contribution in [0.5, 0.6) is 0 Å². The maximum atomic E-state index is 12.7. The Morgan fingerprint density at radius 2 is 1.88 bits per heavy atom. The van der Waals surface area contributed by atoms with E-state index in [1.165, 1.54) is 4.31 Å². The molecule has 2 saturated heterocycles. The molecule has 2 fully saturated rings. The van der Waals surface area contributed by atoms with E-state index >= 15 is 0 Å². The van der Waals surface area contributed by atoms with Gasteiger partial charge in [-0.05, 0) is 51.3 Å². The quantitative estimate of drug-likeness (QED) is 0.824. The van der Waals surface area contributed by atoms with E-state index < -0.39 is 10.0 Å². The predicted octanol–water partition coefficient (Wildman–Crippen LogP) is 1.26. The van der Waals surface area contributed by atoms with Gasteiger partial charge in [-0.3, -0.25) is 4.79 Å². The van der Waals surface area contributed by atoms with Crippen molar-refractivity contribution in [1.29, 1.82) is 0 Å². The molecule has 1 amide bonds. The zero-order valence-electron chi connectivity index (χ0n) is 14.7. The molecule has 1 aromatic carbocycles. The summed E-state index contributed by atoms with van der Waals surface area (Å²) in [5.41, 5.74) is 1.03. The van der Waals surface area contributed by atoms with Crippen molar-refractivity contribution in [2.24, 2.45) is 5.92 Å². The van der Waals surface area contributed by atoms with Crippen LogP contribution in [0.3, 0.4) is 0 Å². The summed E-state index contributed by atoms with van der Waals surface area (Å²) in [6, 6.07) is 7.30. The van der Waals surface area contributed by atoms with E-state index in [0.29, 0.717) is 43.4 Å². The van der Waals surface area contributed by atoms with Gasteiger partial charge in [-0.25, -0.2) is 8.42 Å². The number of carbonyl (C=O) groups excluding carboxylic acids is 1. The lowest BCUT2D eigenvalue weighted by molar-refractivity contribution is -0.126. The summed E-state index contributed by atoms with van der Waals surface area (Å²) in [6.45, 7) is 4.42. The summed E-state index contributed by atoms with van der Waals surface area (Å²) in [4.78, 5) is 12.6. The Hall–Kier alpha value is -1.44. The third-order valence-electron chi connectivity index (χ3n) is 5.17. The van der Waals surface area contributed by atoms with E-state index in [2.05, 4.69) is 10.6 Å². The monoisotopic (exact) mass is 365 g/mol. The zero-order chi connectivity index (χ0) is 17.9. The minimum Gasteiger partial charge on any atom is -0.354 e. The van der Waals surface area contributed by atoms with Gasteiger partial charge in [0.2, 0.25) is 15.9 Å². The van der Waals surface area contributed by atoms with Gasteiger partial charge in [0, 0.05) is 31.6 Å². The zero-order valence-corrected chi connectivity index (χ0v) is 15.5. The van der Waals surface area contributed by atoms with Gasteiger partial charge in [-0.1, -0.05) is 17.7 Å². The fraction of sp³-hybridized carbons (Fsp3) is 0.611. The number of hydrogen-bond donors (Lipinski definition) is 2. The number of amides is 1. The van der Waals surface area contributed by atoms with Gasteiger partial charge in [0.05, 0.1) is 4.90 Å². The molecular formula is C18H27N3O3S. The smallest absolute Gasteiger partial charge is 0.243 e. The maximum Gasteiger partial charge on any atom is 0.243 e. The fourth-order valence-electron chi connectivity index (χ4n) is 3.52.